The number of methoxy groups -OCH3 is 1. The van der Waals surface area contributed by atoms with E-state index >= 15 is 0 Å². The van der Waals surface area contributed by atoms with Crippen molar-refractivity contribution in [1.29, 1.82) is 0 Å². The van der Waals surface area contributed by atoms with E-state index in [-0.39, 0.29) is 17.3 Å². The number of esters is 1. The third-order valence-corrected chi connectivity index (χ3v) is 7.58. The summed E-state index contributed by atoms with van der Waals surface area (Å²) in [5.74, 6) is -0.0487. The zero-order valence-electron chi connectivity index (χ0n) is 18.5. The Morgan fingerprint density at radius 2 is 1.97 bits per heavy atom. The fourth-order valence-corrected chi connectivity index (χ4v) is 5.27. The molecule has 160 valence electrons. The van der Waals surface area contributed by atoms with Gasteiger partial charge in [-0.1, -0.05) is 57.0 Å². The van der Waals surface area contributed by atoms with Gasteiger partial charge in [0.1, 0.15) is 5.00 Å². The van der Waals surface area contributed by atoms with Crippen LogP contribution in [0.3, 0.4) is 0 Å². The van der Waals surface area contributed by atoms with Crippen LogP contribution in [0, 0.1) is 18.3 Å². The SMILES string of the molecule is CCC(C)(C)C1CCc2c(sc(NC(=O)C=Cc3ccc(C)cc3)c2C(=O)OC)C1. The number of rotatable bonds is 6. The van der Waals surface area contributed by atoms with Gasteiger partial charge in [-0.2, -0.15) is 0 Å². The van der Waals surface area contributed by atoms with Crippen LogP contribution < -0.4 is 5.32 Å². The number of hydrogen-bond acceptors (Lipinski definition) is 4. The molecule has 0 saturated heterocycles. The summed E-state index contributed by atoms with van der Waals surface area (Å²) in [6, 6.07) is 7.96. The largest absolute Gasteiger partial charge is 0.465 e. The topological polar surface area (TPSA) is 55.4 Å². The van der Waals surface area contributed by atoms with Gasteiger partial charge in [0.05, 0.1) is 12.7 Å². The van der Waals surface area contributed by atoms with Crippen molar-refractivity contribution in [3.8, 4) is 0 Å². The first-order valence-electron chi connectivity index (χ1n) is 10.5. The van der Waals surface area contributed by atoms with Gasteiger partial charge in [-0.05, 0) is 54.7 Å². The van der Waals surface area contributed by atoms with Crippen LogP contribution in [-0.2, 0) is 22.4 Å². The number of ether oxygens (including phenoxy) is 1. The highest BCUT2D eigenvalue weighted by Crippen LogP contribution is 2.45. The Labute approximate surface area is 183 Å². The second-order valence-electron chi connectivity index (χ2n) is 8.71. The average Bonchev–Trinajstić information content (AvgIpc) is 3.09. The number of amides is 1. The lowest BCUT2D eigenvalue weighted by Gasteiger charge is -2.36. The van der Waals surface area contributed by atoms with Crippen LogP contribution in [0.5, 0.6) is 0 Å². The maximum Gasteiger partial charge on any atom is 0.341 e. The molecule has 1 aliphatic rings. The van der Waals surface area contributed by atoms with Gasteiger partial charge in [0.15, 0.2) is 0 Å². The van der Waals surface area contributed by atoms with E-state index in [0.29, 0.717) is 16.5 Å². The third kappa shape index (κ3) is 4.84. The minimum Gasteiger partial charge on any atom is -0.465 e. The van der Waals surface area contributed by atoms with Gasteiger partial charge < -0.3 is 10.1 Å². The molecule has 30 heavy (non-hydrogen) atoms. The molecule has 1 amide bonds. The van der Waals surface area contributed by atoms with Gasteiger partial charge in [0.2, 0.25) is 5.91 Å². The Morgan fingerprint density at radius 3 is 2.60 bits per heavy atom. The fourth-order valence-electron chi connectivity index (χ4n) is 3.95. The molecule has 0 fully saturated rings. The first kappa shape index (κ1) is 22.3. The number of benzene rings is 1. The van der Waals surface area contributed by atoms with Crippen molar-refractivity contribution < 1.29 is 14.3 Å². The van der Waals surface area contributed by atoms with E-state index in [4.69, 9.17) is 4.74 Å². The van der Waals surface area contributed by atoms with E-state index in [0.717, 1.165) is 36.8 Å². The molecule has 1 N–H and O–H groups in total. The minimum absolute atomic E-state index is 0.246. The number of fused-ring (bicyclic) bond motifs is 1. The number of thiophene rings is 1. The summed E-state index contributed by atoms with van der Waals surface area (Å²) in [6.45, 7) is 8.89. The number of anilines is 1. The Balaban J connectivity index is 1.83. The predicted molar refractivity (Wildman–Crippen MR) is 124 cm³/mol. The Morgan fingerprint density at radius 1 is 1.27 bits per heavy atom. The summed E-state index contributed by atoms with van der Waals surface area (Å²) in [7, 11) is 1.39. The Bertz CT molecular complexity index is 954. The second kappa shape index (κ2) is 9.17. The summed E-state index contributed by atoms with van der Waals surface area (Å²) >= 11 is 1.52. The molecule has 0 aliphatic heterocycles. The molecule has 0 saturated carbocycles. The Kier molecular flexibility index (Phi) is 6.81. The molecule has 4 nitrogen and oxygen atoms in total. The van der Waals surface area contributed by atoms with E-state index in [2.05, 4.69) is 26.1 Å². The van der Waals surface area contributed by atoms with Crippen molar-refractivity contribution in [2.75, 3.05) is 12.4 Å². The summed E-state index contributed by atoms with van der Waals surface area (Å²) in [5.41, 5.74) is 3.97. The van der Waals surface area contributed by atoms with Crippen LogP contribution in [0.1, 0.15) is 65.5 Å². The molecule has 2 aromatic rings. The summed E-state index contributed by atoms with van der Waals surface area (Å²) in [6.07, 6.45) is 7.25. The molecule has 0 spiro atoms. The van der Waals surface area contributed by atoms with E-state index in [1.807, 2.05) is 31.2 Å². The molecule has 1 atom stereocenters. The van der Waals surface area contributed by atoms with Gasteiger partial charge in [0.25, 0.3) is 0 Å². The summed E-state index contributed by atoms with van der Waals surface area (Å²) < 4.78 is 5.04. The first-order valence-corrected chi connectivity index (χ1v) is 11.4. The van der Waals surface area contributed by atoms with Crippen molar-refractivity contribution in [2.45, 2.75) is 53.4 Å². The number of carbonyl (C=O) groups excluding carboxylic acids is 2. The molecule has 1 heterocycles. The molecule has 5 heteroatoms. The molecule has 3 rings (SSSR count). The van der Waals surface area contributed by atoms with Gasteiger partial charge in [-0.25, -0.2) is 4.79 Å². The van der Waals surface area contributed by atoms with Crippen LogP contribution in [0.4, 0.5) is 5.00 Å². The number of hydrogen-bond donors (Lipinski definition) is 1. The van der Waals surface area contributed by atoms with Crippen LogP contribution in [-0.4, -0.2) is 19.0 Å². The lowest BCUT2D eigenvalue weighted by atomic mass is 9.69. The molecule has 0 bridgehead atoms. The summed E-state index contributed by atoms with van der Waals surface area (Å²) in [5, 5.41) is 3.52. The monoisotopic (exact) mass is 425 g/mol. The predicted octanol–water partition coefficient (Wildman–Crippen LogP) is 6.04. The lowest BCUT2D eigenvalue weighted by Crippen LogP contribution is -2.28. The average molecular weight is 426 g/mol. The molecular weight excluding hydrogens is 394 g/mol. The second-order valence-corrected chi connectivity index (χ2v) is 9.82. The van der Waals surface area contributed by atoms with Crippen LogP contribution in [0.15, 0.2) is 30.3 Å². The quantitative estimate of drug-likeness (QED) is 0.454. The van der Waals surface area contributed by atoms with Crippen LogP contribution >= 0.6 is 11.3 Å². The Hall–Kier alpha value is -2.40. The number of nitrogens with one attached hydrogen (secondary N) is 1. The van der Waals surface area contributed by atoms with Gasteiger partial charge in [-0.3, -0.25) is 4.79 Å². The smallest absolute Gasteiger partial charge is 0.341 e. The molecule has 1 unspecified atom stereocenters. The zero-order chi connectivity index (χ0) is 21.9. The number of aryl methyl sites for hydroxylation is 1. The molecule has 0 radical (unpaired) electrons. The van der Waals surface area contributed by atoms with Crippen molar-refractivity contribution in [3.05, 3.63) is 57.5 Å². The minimum atomic E-state index is -0.376. The van der Waals surface area contributed by atoms with Gasteiger partial charge >= 0.3 is 5.97 Å². The van der Waals surface area contributed by atoms with Crippen molar-refractivity contribution in [2.24, 2.45) is 11.3 Å². The molecule has 1 aromatic heterocycles. The normalized spacial score (nSPS) is 16.4. The maximum absolute atomic E-state index is 12.6. The molecular formula is C25H31NO3S. The molecule has 1 aliphatic carbocycles. The highest BCUT2D eigenvalue weighted by atomic mass is 32.1. The van der Waals surface area contributed by atoms with Crippen LogP contribution in [0.2, 0.25) is 0 Å². The third-order valence-electron chi connectivity index (χ3n) is 6.41. The highest BCUT2D eigenvalue weighted by molar-refractivity contribution is 7.17. The first-order chi connectivity index (χ1) is 14.2. The summed E-state index contributed by atoms with van der Waals surface area (Å²) in [4.78, 5) is 26.3. The lowest BCUT2D eigenvalue weighted by molar-refractivity contribution is -0.111. The highest BCUT2D eigenvalue weighted by Gasteiger charge is 2.35. The van der Waals surface area contributed by atoms with E-state index in [1.54, 1.807) is 6.08 Å². The maximum atomic E-state index is 12.6. The van der Waals surface area contributed by atoms with E-state index < -0.39 is 0 Å². The van der Waals surface area contributed by atoms with Crippen molar-refractivity contribution in [3.63, 3.8) is 0 Å². The van der Waals surface area contributed by atoms with E-state index in [9.17, 15) is 9.59 Å². The standard InChI is InChI=1S/C25H31NO3S/c1-6-25(3,4)18-12-13-19-20(15-18)30-23(22(19)24(28)29-5)26-21(27)14-11-17-9-7-16(2)8-10-17/h7-11,14,18H,6,12-13,15H2,1-5H3,(H,26,27). The van der Waals surface area contributed by atoms with Crippen molar-refractivity contribution >= 4 is 34.3 Å². The van der Waals surface area contributed by atoms with Crippen LogP contribution in [0.25, 0.3) is 6.08 Å². The van der Waals surface area contributed by atoms with Gasteiger partial charge in [-0.15, -0.1) is 11.3 Å². The zero-order valence-corrected chi connectivity index (χ0v) is 19.3. The molecule has 1 aromatic carbocycles. The fraction of sp³-hybridized carbons (Fsp3) is 0.440. The van der Waals surface area contributed by atoms with Gasteiger partial charge in [0, 0.05) is 11.0 Å². The number of carbonyl (C=O) groups is 2. The van der Waals surface area contributed by atoms with E-state index in [1.165, 1.54) is 35.0 Å². The van der Waals surface area contributed by atoms with Crippen molar-refractivity contribution in [1.82, 2.24) is 0 Å².